The van der Waals surface area contributed by atoms with Crippen molar-refractivity contribution >= 4 is 11.9 Å². The molecule has 0 aliphatic rings. The highest BCUT2D eigenvalue weighted by molar-refractivity contribution is 5.96. The van der Waals surface area contributed by atoms with Crippen LogP contribution in [-0.2, 0) is 22.6 Å². The molecule has 0 bridgehead atoms. The van der Waals surface area contributed by atoms with E-state index in [9.17, 15) is 9.59 Å². The molecule has 1 atom stereocenters. The van der Waals surface area contributed by atoms with Crippen LogP contribution < -0.4 is 10.1 Å². The number of esters is 1. The molecule has 0 aliphatic carbocycles. The minimum absolute atomic E-state index is 0.279. The highest BCUT2D eigenvalue weighted by Gasteiger charge is 2.23. The zero-order valence-corrected chi connectivity index (χ0v) is 16.1. The number of benzene rings is 2. The van der Waals surface area contributed by atoms with E-state index in [1.54, 1.807) is 18.3 Å². The van der Waals surface area contributed by atoms with E-state index in [2.05, 4.69) is 10.3 Å². The van der Waals surface area contributed by atoms with Gasteiger partial charge >= 0.3 is 5.97 Å². The lowest BCUT2D eigenvalue weighted by Crippen LogP contribution is -2.43. The molecule has 3 rings (SSSR count). The second-order valence-corrected chi connectivity index (χ2v) is 6.42. The minimum Gasteiger partial charge on any atom is -0.489 e. The zero-order chi connectivity index (χ0) is 20.5. The van der Waals surface area contributed by atoms with E-state index in [0.717, 1.165) is 11.1 Å². The molecule has 1 amide bonds. The van der Waals surface area contributed by atoms with Crippen molar-refractivity contribution in [2.75, 3.05) is 7.11 Å². The van der Waals surface area contributed by atoms with Crippen molar-refractivity contribution < 1.29 is 19.1 Å². The van der Waals surface area contributed by atoms with Crippen LogP contribution in [0.1, 0.15) is 21.5 Å². The molecule has 0 unspecified atom stereocenters. The molecule has 0 aliphatic heterocycles. The maximum atomic E-state index is 12.4. The van der Waals surface area contributed by atoms with Gasteiger partial charge in [0, 0.05) is 18.8 Å². The van der Waals surface area contributed by atoms with Crippen LogP contribution in [0, 0.1) is 0 Å². The Kier molecular flexibility index (Phi) is 6.95. The average molecular weight is 390 g/mol. The highest BCUT2D eigenvalue weighted by atomic mass is 16.5. The first-order valence-electron chi connectivity index (χ1n) is 9.20. The number of methoxy groups -OCH3 is 1. The van der Waals surface area contributed by atoms with Gasteiger partial charge in [0.25, 0.3) is 5.91 Å². The minimum atomic E-state index is -0.822. The Morgan fingerprint density at radius 2 is 1.79 bits per heavy atom. The summed E-state index contributed by atoms with van der Waals surface area (Å²) < 4.78 is 10.7. The molecule has 0 radical (unpaired) electrons. The second-order valence-electron chi connectivity index (χ2n) is 6.42. The van der Waals surface area contributed by atoms with E-state index < -0.39 is 12.0 Å². The molecule has 6 heteroatoms. The van der Waals surface area contributed by atoms with Gasteiger partial charge < -0.3 is 14.8 Å². The molecule has 0 saturated heterocycles. The van der Waals surface area contributed by atoms with E-state index in [4.69, 9.17) is 9.47 Å². The zero-order valence-electron chi connectivity index (χ0n) is 16.1. The first-order chi connectivity index (χ1) is 14.2. The van der Waals surface area contributed by atoms with Crippen molar-refractivity contribution in [2.24, 2.45) is 0 Å². The molecule has 1 aromatic heterocycles. The van der Waals surface area contributed by atoms with Crippen LogP contribution in [0.5, 0.6) is 5.75 Å². The number of pyridine rings is 1. The Bertz CT molecular complexity index is 945. The topological polar surface area (TPSA) is 77.5 Å². The van der Waals surface area contributed by atoms with Gasteiger partial charge in [0.1, 0.15) is 18.4 Å². The molecule has 0 spiro atoms. The summed E-state index contributed by atoms with van der Waals surface area (Å²) in [4.78, 5) is 28.5. The van der Waals surface area contributed by atoms with Crippen LogP contribution in [0.25, 0.3) is 0 Å². The lowest BCUT2D eigenvalue weighted by molar-refractivity contribution is -0.142. The van der Waals surface area contributed by atoms with Crippen LogP contribution >= 0.6 is 0 Å². The van der Waals surface area contributed by atoms with Crippen LogP contribution in [0.4, 0.5) is 0 Å². The third-order valence-corrected chi connectivity index (χ3v) is 4.30. The Morgan fingerprint density at radius 3 is 2.52 bits per heavy atom. The number of rotatable bonds is 8. The molecule has 3 aromatic rings. The van der Waals surface area contributed by atoms with Gasteiger partial charge in [-0.25, -0.2) is 4.79 Å². The Morgan fingerprint density at radius 1 is 1.00 bits per heavy atom. The SMILES string of the molecule is COC(=O)[C@H](Cc1cccc(OCc2ccccc2)c1)NC(=O)c1cccnc1. The van der Waals surface area contributed by atoms with Crippen LogP contribution in [0.15, 0.2) is 79.1 Å². The van der Waals surface area contributed by atoms with Gasteiger partial charge in [-0.3, -0.25) is 9.78 Å². The Balaban J connectivity index is 1.67. The second kappa shape index (κ2) is 10.0. The molecule has 29 heavy (non-hydrogen) atoms. The number of carbonyl (C=O) groups excluding carboxylic acids is 2. The van der Waals surface area contributed by atoms with Crippen molar-refractivity contribution in [1.82, 2.24) is 10.3 Å². The van der Waals surface area contributed by atoms with E-state index in [0.29, 0.717) is 17.9 Å². The predicted octanol–water partition coefficient (Wildman–Crippen LogP) is 3.17. The summed E-state index contributed by atoms with van der Waals surface area (Å²) in [6, 6.07) is 19.8. The first-order valence-corrected chi connectivity index (χ1v) is 9.20. The van der Waals surface area contributed by atoms with Gasteiger partial charge in [-0.15, -0.1) is 0 Å². The largest absolute Gasteiger partial charge is 0.489 e. The average Bonchev–Trinajstić information content (AvgIpc) is 2.78. The van der Waals surface area contributed by atoms with E-state index in [1.807, 2.05) is 54.6 Å². The molecule has 1 heterocycles. The molecular weight excluding hydrogens is 368 g/mol. The summed E-state index contributed by atoms with van der Waals surface area (Å²) >= 11 is 0. The van der Waals surface area contributed by atoms with Crippen molar-refractivity contribution in [3.63, 3.8) is 0 Å². The monoisotopic (exact) mass is 390 g/mol. The van der Waals surface area contributed by atoms with Crippen LogP contribution in [0.3, 0.4) is 0 Å². The quantitative estimate of drug-likeness (QED) is 0.598. The first kappa shape index (κ1) is 20.1. The number of nitrogens with one attached hydrogen (secondary N) is 1. The summed E-state index contributed by atoms with van der Waals surface area (Å²) in [6.45, 7) is 0.447. The third-order valence-electron chi connectivity index (χ3n) is 4.30. The summed E-state index contributed by atoms with van der Waals surface area (Å²) in [5.41, 5.74) is 2.29. The third kappa shape index (κ3) is 5.90. The van der Waals surface area contributed by atoms with Gasteiger partial charge in [0.15, 0.2) is 0 Å². The van der Waals surface area contributed by atoms with Gasteiger partial charge in [0.2, 0.25) is 0 Å². The molecule has 2 aromatic carbocycles. The smallest absolute Gasteiger partial charge is 0.328 e. The van der Waals surface area contributed by atoms with E-state index in [-0.39, 0.29) is 12.3 Å². The molecule has 0 saturated carbocycles. The molecule has 6 nitrogen and oxygen atoms in total. The summed E-state index contributed by atoms with van der Waals surface area (Å²) in [5.74, 6) is -0.212. The fraction of sp³-hybridized carbons (Fsp3) is 0.174. The van der Waals surface area contributed by atoms with Crippen molar-refractivity contribution in [1.29, 1.82) is 0 Å². The van der Waals surface area contributed by atoms with Gasteiger partial charge in [0.05, 0.1) is 12.7 Å². The Hall–Kier alpha value is -3.67. The number of hydrogen-bond donors (Lipinski definition) is 1. The van der Waals surface area contributed by atoms with E-state index in [1.165, 1.54) is 13.3 Å². The maximum Gasteiger partial charge on any atom is 0.328 e. The maximum absolute atomic E-state index is 12.4. The fourth-order valence-electron chi connectivity index (χ4n) is 2.81. The summed E-state index contributed by atoms with van der Waals surface area (Å²) in [6.07, 6.45) is 3.30. The predicted molar refractivity (Wildman–Crippen MR) is 108 cm³/mol. The number of carbonyl (C=O) groups is 2. The number of nitrogens with zero attached hydrogens (tertiary/aromatic N) is 1. The number of aromatic nitrogens is 1. The molecule has 148 valence electrons. The number of hydrogen-bond acceptors (Lipinski definition) is 5. The molecular formula is C23H22N2O4. The summed E-state index contributed by atoms with van der Waals surface area (Å²) in [7, 11) is 1.30. The van der Waals surface area contributed by atoms with Crippen molar-refractivity contribution in [2.45, 2.75) is 19.1 Å². The number of amides is 1. The lowest BCUT2D eigenvalue weighted by atomic mass is 10.1. The number of ether oxygens (including phenoxy) is 2. The standard InChI is InChI=1S/C23H22N2O4/c1-28-23(27)21(25-22(26)19-10-6-12-24-15-19)14-18-9-5-11-20(13-18)29-16-17-7-3-2-4-8-17/h2-13,15,21H,14,16H2,1H3,(H,25,26)/t21-/m0/s1. The normalized spacial score (nSPS) is 11.3. The molecule has 1 N–H and O–H groups in total. The van der Waals surface area contributed by atoms with Gasteiger partial charge in [-0.05, 0) is 35.4 Å². The fourth-order valence-corrected chi connectivity index (χ4v) is 2.81. The van der Waals surface area contributed by atoms with E-state index >= 15 is 0 Å². The molecule has 0 fully saturated rings. The van der Waals surface area contributed by atoms with Gasteiger partial charge in [-0.1, -0.05) is 42.5 Å². The van der Waals surface area contributed by atoms with Crippen LogP contribution in [0.2, 0.25) is 0 Å². The van der Waals surface area contributed by atoms with Crippen molar-refractivity contribution in [3.05, 3.63) is 95.8 Å². The van der Waals surface area contributed by atoms with Gasteiger partial charge in [-0.2, -0.15) is 0 Å². The summed E-state index contributed by atoms with van der Waals surface area (Å²) in [5, 5.41) is 2.72. The highest BCUT2D eigenvalue weighted by Crippen LogP contribution is 2.17. The lowest BCUT2D eigenvalue weighted by Gasteiger charge is -2.17. The van der Waals surface area contributed by atoms with Crippen LogP contribution in [-0.4, -0.2) is 30.0 Å². The van der Waals surface area contributed by atoms with Crippen molar-refractivity contribution in [3.8, 4) is 5.75 Å². The Labute approximate surface area is 169 Å².